The lowest BCUT2D eigenvalue weighted by atomic mass is 10.1. The van der Waals surface area contributed by atoms with Crippen LogP contribution in [0.4, 0.5) is 5.82 Å². The number of aryl methyl sites for hydroxylation is 1. The summed E-state index contributed by atoms with van der Waals surface area (Å²) in [6.45, 7) is 0. The molecular formula is C19H25N3O3. The summed E-state index contributed by atoms with van der Waals surface area (Å²) in [6.07, 6.45) is 7.50. The van der Waals surface area contributed by atoms with Gasteiger partial charge in [0, 0.05) is 18.6 Å². The van der Waals surface area contributed by atoms with Gasteiger partial charge >= 0.3 is 0 Å². The van der Waals surface area contributed by atoms with Crippen LogP contribution in [0.25, 0.3) is 0 Å². The summed E-state index contributed by atoms with van der Waals surface area (Å²) in [5.41, 5.74) is 1.01. The largest absolute Gasteiger partial charge is 0.497 e. The molecule has 1 aromatic heterocycles. The van der Waals surface area contributed by atoms with E-state index in [2.05, 4.69) is 10.4 Å². The van der Waals surface area contributed by atoms with Crippen LogP contribution in [0.5, 0.6) is 11.5 Å². The minimum Gasteiger partial charge on any atom is -0.497 e. The standard InChI is InChI=1S/C19H25N3O3/c1-24-16-11-14(12-17(13-16)25-2)7-8-19(23)21-18-9-10-20-22(18)15-5-3-4-6-15/h9-13,15H,3-8H2,1-2H3,(H,21,23). The Kier molecular flexibility index (Phi) is 5.58. The monoisotopic (exact) mass is 343 g/mol. The first-order chi connectivity index (χ1) is 12.2. The van der Waals surface area contributed by atoms with Gasteiger partial charge in [0.15, 0.2) is 0 Å². The van der Waals surface area contributed by atoms with Crippen LogP contribution in [0, 0.1) is 0 Å². The van der Waals surface area contributed by atoms with Crippen LogP contribution in [0.1, 0.15) is 43.7 Å². The first-order valence-corrected chi connectivity index (χ1v) is 8.75. The summed E-state index contributed by atoms with van der Waals surface area (Å²) in [5.74, 6) is 2.24. The Labute approximate surface area is 148 Å². The third kappa shape index (κ3) is 4.32. The number of ether oxygens (including phenoxy) is 2. The zero-order valence-electron chi connectivity index (χ0n) is 14.8. The predicted molar refractivity (Wildman–Crippen MR) is 96.2 cm³/mol. The molecule has 0 atom stereocenters. The van der Waals surface area contributed by atoms with Gasteiger partial charge in [0.05, 0.1) is 26.5 Å². The quantitative estimate of drug-likeness (QED) is 0.834. The third-order valence-electron chi connectivity index (χ3n) is 4.66. The van der Waals surface area contributed by atoms with Crippen molar-refractivity contribution in [3.05, 3.63) is 36.0 Å². The van der Waals surface area contributed by atoms with Crippen LogP contribution in [-0.4, -0.2) is 29.9 Å². The molecule has 0 aliphatic heterocycles. The van der Waals surface area contributed by atoms with Crippen LogP contribution in [0.2, 0.25) is 0 Å². The number of nitrogens with one attached hydrogen (secondary N) is 1. The van der Waals surface area contributed by atoms with Gasteiger partial charge in [0.1, 0.15) is 17.3 Å². The molecular weight excluding hydrogens is 318 g/mol. The lowest BCUT2D eigenvalue weighted by molar-refractivity contribution is -0.116. The van der Waals surface area contributed by atoms with Crippen molar-refractivity contribution in [3.8, 4) is 11.5 Å². The highest BCUT2D eigenvalue weighted by Crippen LogP contribution is 2.31. The number of rotatable bonds is 7. The van der Waals surface area contributed by atoms with E-state index in [0.29, 0.717) is 18.9 Å². The average molecular weight is 343 g/mol. The van der Waals surface area contributed by atoms with Gasteiger partial charge in [-0.1, -0.05) is 12.8 Å². The van der Waals surface area contributed by atoms with E-state index in [9.17, 15) is 4.79 Å². The molecule has 0 saturated heterocycles. The van der Waals surface area contributed by atoms with Gasteiger partial charge in [-0.25, -0.2) is 4.68 Å². The molecule has 1 saturated carbocycles. The fourth-order valence-electron chi connectivity index (χ4n) is 3.33. The SMILES string of the molecule is COc1cc(CCC(=O)Nc2ccnn2C2CCCC2)cc(OC)c1. The van der Waals surface area contributed by atoms with Crippen LogP contribution < -0.4 is 14.8 Å². The molecule has 0 spiro atoms. The fraction of sp³-hybridized carbons (Fsp3) is 0.474. The van der Waals surface area contributed by atoms with Gasteiger partial charge in [0.2, 0.25) is 5.91 Å². The normalized spacial score (nSPS) is 14.5. The number of hydrogen-bond donors (Lipinski definition) is 1. The van der Waals surface area contributed by atoms with E-state index >= 15 is 0 Å². The zero-order valence-corrected chi connectivity index (χ0v) is 14.8. The Morgan fingerprint density at radius 3 is 2.52 bits per heavy atom. The molecule has 6 nitrogen and oxygen atoms in total. The van der Waals surface area contributed by atoms with Crippen LogP contribution in [-0.2, 0) is 11.2 Å². The number of carbonyl (C=O) groups is 1. The minimum absolute atomic E-state index is 0.0125. The van der Waals surface area contributed by atoms with Crippen molar-refractivity contribution < 1.29 is 14.3 Å². The summed E-state index contributed by atoms with van der Waals surface area (Å²) in [4.78, 5) is 12.3. The molecule has 1 N–H and O–H groups in total. The lowest BCUT2D eigenvalue weighted by Crippen LogP contribution is -2.18. The second-order valence-corrected chi connectivity index (χ2v) is 6.37. The van der Waals surface area contributed by atoms with Crippen molar-refractivity contribution in [1.82, 2.24) is 9.78 Å². The Bertz CT molecular complexity index is 698. The molecule has 0 unspecified atom stereocenters. The molecule has 0 radical (unpaired) electrons. The number of nitrogens with zero attached hydrogens (tertiary/aromatic N) is 2. The second-order valence-electron chi connectivity index (χ2n) is 6.37. The van der Waals surface area contributed by atoms with E-state index in [0.717, 1.165) is 35.7 Å². The molecule has 1 aliphatic carbocycles. The smallest absolute Gasteiger partial charge is 0.225 e. The number of amides is 1. The molecule has 1 fully saturated rings. The molecule has 1 aromatic carbocycles. The molecule has 1 heterocycles. The number of hydrogen-bond acceptors (Lipinski definition) is 4. The van der Waals surface area contributed by atoms with E-state index < -0.39 is 0 Å². The second kappa shape index (κ2) is 8.05. The van der Waals surface area contributed by atoms with E-state index in [1.807, 2.05) is 28.9 Å². The summed E-state index contributed by atoms with van der Waals surface area (Å²) >= 11 is 0. The molecule has 0 bridgehead atoms. The number of carbonyl (C=O) groups excluding carboxylic acids is 1. The Morgan fingerprint density at radius 2 is 1.88 bits per heavy atom. The van der Waals surface area contributed by atoms with Gasteiger partial charge in [-0.05, 0) is 37.0 Å². The third-order valence-corrected chi connectivity index (χ3v) is 4.66. The molecule has 1 amide bonds. The lowest BCUT2D eigenvalue weighted by Gasteiger charge is -2.14. The summed E-state index contributed by atoms with van der Waals surface area (Å²) in [7, 11) is 3.24. The summed E-state index contributed by atoms with van der Waals surface area (Å²) in [6, 6.07) is 7.96. The van der Waals surface area contributed by atoms with E-state index in [4.69, 9.17) is 9.47 Å². The highest BCUT2D eigenvalue weighted by Gasteiger charge is 2.20. The Morgan fingerprint density at radius 1 is 1.20 bits per heavy atom. The van der Waals surface area contributed by atoms with Gasteiger partial charge in [0.25, 0.3) is 0 Å². The van der Waals surface area contributed by atoms with Crippen LogP contribution in [0.3, 0.4) is 0 Å². The van der Waals surface area contributed by atoms with Gasteiger partial charge in [-0.15, -0.1) is 0 Å². The van der Waals surface area contributed by atoms with Crippen LogP contribution >= 0.6 is 0 Å². The molecule has 1 aliphatic rings. The minimum atomic E-state index is -0.0125. The number of methoxy groups -OCH3 is 2. The Balaban J connectivity index is 1.59. The predicted octanol–water partition coefficient (Wildman–Crippen LogP) is 3.59. The van der Waals surface area contributed by atoms with Crippen molar-refractivity contribution in [1.29, 1.82) is 0 Å². The number of anilines is 1. The van der Waals surface area contributed by atoms with E-state index in [1.54, 1.807) is 20.4 Å². The molecule has 3 rings (SSSR count). The molecule has 6 heteroatoms. The number of aromatic nitrogens is 2. The topological polar surface area (TPSA) is 65.4 Å². The first-order valence-electron chi connectivity index (χ1n) is 8.75. The van der Waals surface area contributed by atoms with E-state index in [1.165, 1.54) is 12.8 Å². The number of benzene rings is 1. The van der Waals surface area contributed by atoms with Crippen molar-refractivity contribution in [2.24, 2.45) is 0 Å². The van der Waals surface area contributed by atoms with Gasteiger partial charge < -0.3 is 14.8 Å². The first kappa shape index (κ1) is 17.3. The van der Waals surface area contributed by atoms with Gasteiger partial charge in [-0.3, -0.25) is 4.79 Å². The molecule has 2 aromatic rings. The molecule has 25 heavy (non-hydrogen) atoms. The average Bonchev–Trinajstić information content (AvgIpc) is 3.30. The van der Waals surface area contributed by atoms with E-state index in [-0.39, 0.29) is 5.91 Å². The van der Waals surface area contributed by atoms with Crippen LogP contribution in [0.15, 0.2) is 30.5 Å². The highest BCUT2D eigenvalue weighted by molar-refractivity contribution is 5.90. The Hall–Kier alpha value is -2.50. The maximum Gasteiger partial charge on any atom is 0.225 e. The zero-order chi connectivity index (χ0) is 17.6. The maximum atomic E-state index is 12.3. The maximum absolute atomic E-state index is 12.3. The van der Waals surface area contributed by atoms with Crippen molar-refractivity contribution >= 4 is 11.7 Å². The van der Waals surface area contributed by atoms with Crippen molar-refractivity contribution in [3.63, 3.8) is 0 Å². The summed E-state index contributed by atoms with van der Waals surface area (Å²) < 4.78 is 12.5. The summed E-state index contributed by atoms with van der Waals surface area (Å²) in [5, 5.41) is 7.38. The highest BCUT2D eigenvalue weighted by atomic mass is 16.5. The molecule has 134 valence electrons. The van der Waals surface area contributed by atoms with Gasteiger partial charge in [-0.2, -0.15) is 5.10 Å². The van der Waals surface area contributed by atoms with Crippen molar-refractivity contribution in [2.75, 3.05) is 19.5 Å². The fourth-order valence-corrected chi connectivity index (χ4v) is 3.33. The van der Waals surface area contributed by atoms with Crippen molar-refractivity contribution in [2.45, 2.75) is 44.6 Å².